The third kappa shape index (κ3) is 3.40. The van der Waals surface area contributed by atoms with Crippen LogP contribution in [0.25, 0.3) is 0 Å². The number of hydrogen-bond donors (Lipinski definition) is 1. The highest BCUT2D eigenvalue weighted by molar-refractivity contribution is 5.72. The van der Waals surface area contributed by atoms with Crippen molar-refractivity contribution < 1.29 is 32.5 Å². The van der Waals surface area contributed by atoms with Gasteiger partial charge in [-0.15, -0.1) is 0 Å². The van der Waals surface area contributed by atoms with E-state index in [2.05, 4.69) is 0 Å². The first kappa shape index (κ1) is 15.5. The number of rotatable bonds is 3. The second-order valence-electron chi connectivity index (χ2n) is 5.17. The molecule has 1 aromatic carbocycles. The van der Waals surface area contributed by atoms with Gasteiger partial charge in [-0.2, -0.15) is 13.2 Å². The van der Waals surface area contributed by atoms with E-state index in [1.54, 1.807) is 19.9 Å². The minimum Gasteiger partial charge on any atom is -0.491 e. The molecule has 0 bridgehead atoms. The Morgan fingerprint density at radius 2 is 2.10 bits per heavy atom. The summed E-state index contributed by atoms with van der Waals surface area (Å²) < 4.78 is 49.1. The molecule has 0 spiro atoms. The summed E-state index contributed by atoms with van der Waals surface area (Å²) >= 11 is 0. The number of fused-ring (bicyclic) bond motifs is 1. The Balaban J connectivity index is 2.34. The molecule has 0 saturated carbocycles. The fourth-order valence-electron chi connectivity index (χ4n) is 2.23. The van der Waals surface area contributed by atoms with Gasteiger partial charge in [0.2, 0.25) is 6.10 Å². The molecule has 1 heterocycles. The van der Waals surface area contributed by atoms with Crippen molar-refractivity contribution >= 4 is 5.97 Å². The summed E-state index contributed by atoms with van der Waals surface area (Å²) in [5.41, 5.74) is 0.430. The van der Waals surface area contributed by atoms with Crippen LogP contribution in [0.3, 0.4) is 0 Å². The molecule has 0 aliphatic carbocycles. The van der Waals surface area contributed by atoms with Crippen LogP contribution in [0.4, 0.5) is 13.2 Å². The molecule has 7 heteroatoms. The van der Waals surface area contributed by atoms with Crippen molar-refractivity contribution in [2.24, 2.45) is 5.92 Å². The van der Waals surface area contributed by atoms with Gasteiger partial charge in [0.05, 0.1) is 6.10 Å². The SMILES string of the molecule is CC(C)Oc1ccc2c(c1)O[C@H](C(F)(F)F)[C@H](C(=O)O)C2. The molecule has 4 nitrogen and oxygen atoms in total. The van der Waals surface area contributed by atoms with Gasteiger partial charge in [0, 0.05) is 6.07 Å². The summed E-state index contributed by atoms with van der Waals surface area (Å²) in [4.78, 5) is 11.0. The van der Waals surface area contributed by atoms with Crippen LogP contribution in [-0.4, -0.2) is 29.5 Å². The molecule has 0 radical (unpaired) electrons. The number of ether oxygens (including phenoxy) is 2. The van der Waals surface area contributed by atoms with Crippen molar-refractivity contribution in [3.8, 4) is 11.5 Å². The lowest BCUT2D eigenvalue weighted by Crippen LogP contribution is -2.47. The van der Waals surface area contributed by atoms with E-state index in [4.69, 9.17) is 14.6 Å². The van der Waals surface area contributed by atoms with Crippen LogP contribution in [0.2, 0.25) is 0 Å². The maximum absolute atomic E-state index is 12.9. The Labute approximate surface area is 119 Å². The fourth-order valence-corrected chi connectivity index (χ4v) is 2.23. The summed E-state index contributed by atoms with van der Waals surface area (Å²) in [5.74, 6) is -2.76. The van der Waals surface area contributed by atoms with Crippen LogP contribution in [0, 0.1) is 5.92 Å². The van der Waals surface area contributed by atoms with E-state index in [0.29, 0.717) is 11.3 Å². The quantitative estimate of drug-likeness (QED) is 0.932. The van der Waals surface area contributed by atoms with E-state index in [-0.39, 0.29) is 18.3 Å². The zero-order valence-corrected chi connectivity index (χ0v) is 11.5. The highest BCUT2D eigenvalue weighted by atomic mass is 19.4. The summed E-state index contributed by atoms with van der Waals surface area (Å²) in [6, 6.07) is 4.50. The summed E-state index contributed by atoms with van der Waals surface area (Å²) in [5, 5.41) is 8.97. The Bertz CT molecular complexity index is 540. The van der Waals surface area contributed by atoms with Crippen LogP contribution in [0.1, 0.15) is 19.4 Å². The normalized spacial score (nSPS) is 21.6. The molecule has 0 unspecified atom stereocenters. The lowest BCUT2D eigenvalue weighted by atomic mass is 9.90. The van der Waals surface area contributed by atoms with Crippen molar-refractivity contribution in [2.45, 2.75) is 38.7 Å². The number of carbonyl (C=O) groups is 1. The monoisotopic (exact) mass is 304 g/mol. The molecule has 116 valence electrons. The first-order valence-corrected chi connectivity index (χ1v) is 6.44. The van der Waals surface area contributed by atoms with Crippen LogP contribution in [0.15, 0.2) is 18.2 Å². The highest BCUT2D eigenvalue weighted by Gasteiger charge is 2.52. The smallest absolute Gasteiger partial charge is 0.426 e. The molecule has 1 aromatic rings. The van der Waals surface area contributed by atoms with Crippen LogP contribution >= 0.6 is 0 Å². The third-order valence-electron chi connectivity index (χ3n) is 3.11. The van der Waals surface area contributed by atoms with Gasteiger partial charge in [0.25, 0.3) is 0 Å². The molecule has 0 aromatic heterocycles. The highest BCUT2D eigenvalue weighted by Crippen LogP contribution is 2.40. The minimum atomic E-state index is -4.74. The average Bonchev–Trinajstić information content (AvgIpc) is 2.35. The molecule has 1 aliphatic heterocycles. The molecule has 1 aliphatic rings. The minimum absolute atomic E-state index is 0.0213. The van der Waals surface area contributed by atoms with E-state index < -0.39 is 24.2 Å². The van der Waals surface area contributed by atoms with Gasteiger partial charge in [0.1, 0.15) is 17.4 Å². The standard InChI is InChI=1S/C14H15F3O4/c1-7(2)20-9-4-3-8-5-10(13(18)19)12(14(15,16)17)21-11(8)6-9/h3-4,6-7,10,12H,5H2,1-2H3,(H,18,19)/t10-,12+/m1/s1. The lowest BCUT2D eigenvalue weighted by Gasteiger charge is -2.32. The Hall–Kier alpha value is -1.92. The number of carboxylic acids is 1. The molecular weight excluding hydrogens is 289 g/mol. The summed E-state index contributed by atoms with van der Waals surface area (Å²) in [6.45, 7) is 3.58. The van der Waals surface area contributed by atoms with Crippen molar-refractivity contribution in [3.05, 3.63) is 23.8 Å². The topological polar surface area (TPSA) is 55.8 Å². The second kappa shape index (κ2) is 5.46. The van der Waals surface area contributed by atoms with Gasteiger partial charge < -0.3 is 14.6 Å². The van der Waals surface area contributed by atoms with Gasteiger partial charge in [-0.1, -0.05) is 6.07 Å². The first-order chi connectivity index (χ1) is 9.68. The van der Waals surface area contributed by atoms with Crippen molar-refractivity contribution in [3.63, 3.8) is 0 Å². The number of carboxylic acid groups (broad SMARTS) is 1. The molecular formula is C14H15F3O4. The van der Waals surface area contributed by atoms with Gasteiger partial charge >= 0.3 is 12.1 Å². The van der Waals surface area contributed by atoms with E-state index in [1.807, 2.05) is 0 Å². The van der Waals surface area contributed by atoms with Crippen molar-refractivity contribution in [2.75, 3.05) is 0 Å². The summed E-state index contributed by atoms with van der Waals surface area (Å²) in [6.07, 6.45) is -7.44. The fraction of sp³-hybridized carbons (Fsp3) is 0.500. The van der Waals surface area contributed by atoms with E-state index in [1.165, 1.54) is 12.1 Å². The number of aliphatic carboxylic acids is 1. The molecule has 0 saturated heterocycles. The molecule has 0 fully saturated rings. The zero-order valence-electron chi connectivity index (χ0n) is 11.5. The number of hydrogen-bond acceptors (Lipinski definition) is 3. The Morgan fingerprint density at radius 1 is 1.43 bits per heavy atom. The van der Waals surface area contributed by atoms with Gasteiger partial charge in [-0.05, 0) is 31.9 Å². The average molecular weight is 304 g/mol. The molecule has 1 N–H and O–H groups in total. The van der Waals surface area contributed by atoms with Gasteiger partial charge in [-0.3, -0.25) is 4.79 Å². The Morgan fingerprint density at radius 3 is 2.62 bits per heavy atom. The second-order valence-corrected chi connectivity index (χ2v) is 5.17. The zero-order chi connectivity index (χ0) is 15.8. The molecule has 0 amide bonds. The molecule has 21 heavy (non-hydrogen) atoms. The van der Waals surface area contributed by atoms with E-state index >= 15 is 0 Å². The largest absolute Gasteiger partial charge is 0.491 e. The lowest BCUT2D eigenvalue weighted by molar-refractivity contribution is -0.217. The summed E-state index contributed by atoms with van der Waals surface area (Å²) in [7, 11) is 0. The maximum Gasteiger partial charge on any atom is 0.426 e. The Kier molecular flexibility index (Phi) is 4.02. The van der Waals surface area contributed by atoms with Crippen LogP contribution < -0.4 is 9.47 Å². The first-order valence-electron chi connectivity index (χ1n) is 6.44. The van der Waals surface area contributed by atoms with Gasteiger partial charge in [0.15, 0.2) is 0 Å². The van der Waals surface area contributed by atoms with E-state index in [9.17, 15) is 18.0 Å². The molecule has 2 atom stereocenters. The van der Waals surface area contributed by atoms with Crippen molar-refractivity contribution in [1.29, 1.82) is 0 Å². The van der Waals surface area contributed by atoms with Crippen LogP contribution in [-0.2, 0) is 11.2 Å². The third-order valence-corrected chi connectivity index (χ3v) is 3.11. The van der Waals surface area contributed by atoms with E-state index in [0.717, 1.165) is 0 Å². The van der Waals surface area contributed by atoms with Gasteiger partial charge in [-0.25, -0.2) is 0 Å². The number of alkyl halides is 3. The number of benzene rings is 1. The van der Waals surface area contributed by atoms with Crippen molar-refractivity contribution in [1.82, 2.24) is 0 Å². The number of halogens is 3. The maximum atomic E-state index is 12.9. The predicted octanol–water partition coefficient (Wildman–Crippen LogP) is 3.04. The molecule has 2 rings (SSSR count). The predicted molar refractivity (Wildman–Crippen MR) is 67.5 cm³/mol. The van der Waals surface area contributed by atoms with Crippen LogP contribution in [0.5, 0.6) is 11.5 Å².